The van der Waals surface area contributed by atoms with Crippen LogP contribution in [-0.4, -0.2) is 46.4 Å². The van der Waals surface area contributed by atoms with Gasteiger partial charge in [0.25, 0.3) is 5.82 Å². The van der Waals surface area contributed by atoms with Gasteiger partial charge in [0, 0.05) is 25.2 Å². The van der Waals surface area contributed by atoms with Crippen molar-refractivity contribution in [2.45, 2.75) is 18.3 Å². The maximum absolute atomic E-state index is 13.2. The molecule has 0 radical (unpaired) electrons. The van der Waals surface area contributed by atoms with E-state index in [1.54, 1.807) is 6.07 Å². The lowest BCUT2D eigenvalue weighted by molar-refractivity contribution is -0.146. The molecule has 3 N–H and O–H groups in total. The van der Waals surface area contributed by atoms with Gasteiger partial charge in [-0.2, -0.15) is 17.9 Å². The second-order valence-corrected chi connectivity index (χ2v) is 7.27. The highest BCUT2D eigenvalue weighted by atomic mass is 19.4. The Bertz CT molecular complexity index is 1100. The zero-order valence-corrected chi connectivity index (χ0v) is 17.0. The molecule has 1 fully saturated rings. The average molecular weight is 447 g/mol. The van der Waals surface area contributed by atoms with E-state index in [1.165, 1.54) is 19.2 Å². The Morgan fingerprint density at radius 3 is 2.66 bits per heavy atom. The van der Waals surface area contributed by atoms with Gasteiger partial charge in [-0.25, -0.2) is 4.79 Å². The van der Waals surface area contributed by atoms with E-state index >= 15 is 0 Å². The lowest BCUT2D eigenvalue weighted by Crippen LogP contribution is -2.48. The largest absolute Gasteiger partial charge is 0.496 e. The monoisotopic (exact) mass is 447 g/mol. The van der Waals surface area contributed by atoms with E-state index < -0.39 is 17.5 Å². The molecule has 2 heterocycles. The van der Waals surface area contributed by atoms with E-state index in [0.717, 1.165) is 5.56 Å². The van der Waals surface area contributed by atoms with Crippen LogP contribution in [0, 0.1) is 0 Å². The van der Waals surface area contributed by atoms with E-state index in [9.17, 15) is 18.0 Å². The molecule has 0 spiro atoms. The molecule has 1 aliphatic rings. The molecule has 0 bridgehead atoms. The number of nitrogens with zero attached hydrogens (tertiary/aromatic N) is 4. The summed E-state index contributed by atoms with van der Waals surface area (Å²) in [6, 6.07) is 13.8. The number of amides is 2. The van der Waals surface area contributed by atoms with Crippen LogP contribution in [0.5, 0.6) is 5.75 Å². The van der Waals surface area contributed by atoms with Crippen LogP contribution in [0.4, 0.5) is 18.0 Å². The van der Waals surface area contributed by atoms with E-state index in [0.29, 0.717) is 29.1 Å². The van der Waals surface area contributed by atoms with E-state index in [2.05, 4.69) is 31.5 Å². The number of carbonyl (C=O) groups excluding carboxylic acids is 1. The molecule has 2 aromatic carbocycles. The number of rotatable bonds is 7. The Morgan fingerprint density at radius 1 is 1.22 bits per heavy atom. The van der Waals surface area contributed by atoms with Crippen molar-refractivity contribution in [3.8, 4) is 11.4 Å². The predicted octanol–water partition coefficient (Wildman–Crippen LogP) is 1.99. The van der Waals surface area contributed by atoms with Crippen molar-refractivity contribution in [2.75, 3.05) is 20.2 Å². The highest BCUT2D eigenvalue weighted by molar-refractivity contribution is 5.78. The number of hydrogen-bond donors (Lipinski definition) is 3. The minimum atomic E-state index is -4.70. The van der Waals surface area contributed by atoms with Crippen molar-refractivity contribution in [2.24, 2.45) is 0 Å². The number of tetrazole rings is 1. The molecule has 3 aromatic rings. The number of aromatic nitrogens is 4. The molecule has 0 aliphatic carbocycles. The van der Waals surface area contributed by atoms with Gasteiger partial charge < -0.3 is 20.7 Å². The Labute approximate surface area is 180 Å². The fourth-order valence-electron chi connectivity index (χ4n) is 3.66. The van der Waals surface area contributed by atoms with Crippen molar-refractivity contribution in [3.05, 3.63) is 65.5 Å². The quantitative estimate of drug-likeness (QED) is 0.512. The lowest BCUT2D eigenvalue weighted by Gasteiger charge is -2.29. The molecule has 1 atom stereocenters. The summed E-state index contributed by atoms with van der Waals surface area (Å²) in [7, 11) is 1.48. The van der Waals surface area contributed by atoms with E-state index in [4.69, 9.17) is 4.74 Å². The molecule has 1 saturated heterocycles. The van der Waals surface area contributed by atoms with Crippen LogP contribution < -0.4 is 20.7 Å². The number of ether oxygens (including phenoxy) is 1. The highest BCUT2D eigenvalue weighted by Crippen LogP contribution is 2.30. The van der Waals surface area contributed by atoms with Crippen molar-refractivity contribution in [1.82, 2.24) is 36.2 Å². The minimum Gasteiger partial charge on any atom is -0.496 e. The zero-order valence-electron chi connectivity index (χ0n) is 17.0. The van der Waals surface area contributed by atoms with E-state index in [1.807, 2.05) is 30.3 Å². The maximum Gasteiger partial charge on any atom is 0.453 e. The Hall–Kier alpha value is -3.67. The molecule has 0 saturated carbocycles. The van der Waals surface area contributed by atoms with Crippen LogP contribution in [0.2, 0.25) is 0 Å². The normalized spacial score (nSPS) is 18.3. The van der Waals surface area contributed by atoms with Gasteiger partial charge >= 0.3 is 12.2 Å². The third-order valence-electron chi connectivity index (χ3n) is 5.20. The molecular formula is C20H20F3N7O2. The van der Waals surface area contributed by atoms with Gasteiger partial charge in [0.15, 0.2) is 0 Å². The molecule has 4 rings (SSSR count). The fourth-order valence-corrected chi connectivity index (χ4v) is 3.66. The van der Waals surface area contributed by atoms with Gasteiger partial charge in [-0.1, -0.05) is 30.3 Å². The average Bonchev–Trinajstić information content (AvgIpc) is 3.42. The maximum atomic E-state index is 13.2. The topological polar surface area (TPSA) is 106 Å². The Balaban J connectivity index is 1.56. The fraction of sp³-hybridized carbons (Fsp3) is 0.300. The summed E-state index contributed by atoms with van der Waals surface area (Å²) in [6.07, 6.45) is -4.70. The van der Waals surface area contributed by atoms with E-state index in [-0.39, 0.29) is 18.3 Å². The minimum absolute atomic E-state index is 0.147. The predicted molar refractivity (Wildman–Crippen MR) is 107 cm³/mol. The van der Waals surface area contributed by atoms with Gasteiger partial charge in [-0.3, -0.25) is 0 Å². The number of urea groups is 1. The summed E-state index contributed by atoms with van der Waals surface area (Å²) in [4.78, 5) is 11.9. The SMILES string of the molecule is COc1ccc(-n2nnnc2C(F)(F)F)cc1CNCC1(c2ccccc2)CNC(=O)N1. The number of carbonyl (C=O) groups is 1. The number of alkyl halides is 3. The van der Waals surface area contributed by atoms with Gasteiger partial charge in [0.05, 0.1) is 18.3 Å². The van der Waals surface area contributed by atoms with Crippen LogP contribution >= 0.6 is 0 Å². The second-order valence-electron chi connectivity index (χ2n) is 7.27. The van der Waals surface area contributed by atoms with Crippen LogP contribution in [0.25, 0.3) is 5.69 Å². The van der Waals surface area contributed by atoms with Crippen LogP contribution in [-0.2, 0) is 18.3 Å². The number of hydrogen-bond acceptors (Lipinski definition) is 6. The van der Waals surface area contributed by atoms with Gasteiger partial charge in [0.2, 0.25) is 0 Å². The number of benzene rings is 2. The summed E-state index contributed by atoms with van der Waals surface area (Å²) in [5.74, 6) is -0.727. The Morgan fingerprint density at radius 2 is 2.00 bits per heavy atom. The molecule has 9 nitrogen and oxygen atoms in total. The lowest BCUT2D eigenvalue weighted by atomic mass is 9.90. The third kappa shape index (κ3) is 4.21. The van der Waals surface area contributed by atoms with Crippen molar-refractivity contribution < 1.29 is 22.7 Å². The van der Waals surface area contributed by atoms with Crippen molar-refractivity contribution >= 4 is 6.03 Å². The Kier molecular flexibility index (Phi) is 5.70. The molecule has 12 heteroatoms. The second kappa shape index (κ2) is 8.46. The van der Waals surface area contributed by atoms with Crippen LogP contribution in [0.15, 0.2) is 48.5 Å². The molecule has 1 unspecified atom stereocenters. The highest BCUT2D eigenvalue weighted by Gasteiger charge is 2.39. The van der Waals surface area contributed by atoms with Gasteiger partial charge in [-0.05, 0) is 34.2 Å². The first-order valence-electron chi connectivity index (χ1n) is 9.67. The number of methoxy groups -OCH3 is 1. The molecular weight excluding hydrogens is 427 g/mol. The molecule has 2 amide bonds. The summed E-state index contributed by atoms with van der Waals surface area (Å²) in [6.45, 7) is 1.03. The van der Waals surface area contributed by atoms with Gasteiger partial charge in [-0.15, -0.1) is 5.10 Å². The van der Waals surface area contributed by atoms with Crippen LogP contribution in [0.3, 0.4) is 0 Å². The molecule has 1 aromatic heterocycles. The molecule has 32 heavy (non-hydrogen) atoms. The van der Waals surface area contributed by atoms with Gasteiger partial charge in [0.1, 0.15) is 5.75 Å². The van der Waals surface area contributed by atoms with Crippen molar-refractivity contribution in [3.63, 3.8) is 0 Å². The number of halogens is 3. The number of nitrogens with one attached hydrogen (secondary N) is 3. The molecule has 168 valence electrons. The van der Waals surface area contributed by atoms with Crippen LogP contribution in [0.1, 0.15) is 17.0 Å². The summed E-state index contributed by atoms with van der Waals surface area (Å²) in [5.41, 5.74) is 1.01. The summed E-state index contributed by atoms with van der Waals surface area (Å²) in [5, 5.41) is 18.7. The summed E-state index contributed by atoms with van der Waals surface area (Å²) >= 11 is 0. The smallest absolute Gasteiger partial charge is 0.453 e. The standard InChI is InChI=1S/C20H20F3N7O2/c1-32-16-8-7-15(30-17(20(21,22)23)27-28-29-30)9-13(16)10-24-11-19(12-25-18(31)26-19)14-5-3-2-4-6-14/h2-9,24H,10-12H2,1H3,(H2,25,26,31). The zero-order chi connectivity index (χ0) is 22.8. The van der Waals surface area contributed by atoms with Crippen molar-refractivity contribution in [1.29, 1.82) is 0 Å². The first-order chi connectivity index (χ1) is 15.3. The first-order valence-corrected chi connectivity index (χ1v) is 9.67. The molecule has 1 aliphatic heterocycles. The summed E-state index contributed by atoms with van der Waals surface area (Å²) < 4.78 is 45.5. The first kappa shape index (κ1) is 21.6. The third-order valence-corrected chi connectivity index (χ3v) is 5.20.